The van der Waals surface area contributed by atoms with E-state index in [4.69, 9.17) is 28.9 Å². The lowest BCUT2D eigenvalue weighted by atomic mass is 10.3. The average molecular weight is 335 g/mol. The zero-order valence-corrected chi connectivity index (χ0v) is 12.2. The summed E-state index contributed by atoms with van der Waals surface area (Å²) >= 11 is 11.7. The number of sulfonamides is 1. The fourth-order valence-corrected chi connectivity index (χ4v) is 3.85. The topological polar surface area (TPSA) is 72.2 Å². The number of nitrogens with one attached hydrogen (secondary N) is 1. The predicted molar refractivity (Wildman–Crippen MR) is 78.1 cm³/mol. The van der Waals surface area contributed by atoms with Gasteiger partial charge in [-0.3, -0.25) is 4.72 Å². The van der Waals surface area contributed by atoms with Gasteiger partial charge in [-0.1, -0.05) is 23.2 Å². The molecule has 0 spiro atoms. The Balaban J connectivity index is 2.43. The van der Waals surface area contributed by atoms with Crippen LogP contribution in [0.15, 0.2) is 41.3 Å². The molecule has 106 valence electrons. The largest absolute Gasteiger partial charge is 0.399 e. The van der Waals surface area contributed by atoms with Gasteiger partial charge < -0.3 is 5.73 Å². The minimum absolute atomic E-state index is 0.0930. The van der Waals surface area contributed by atoms with Gasteiger partial charge in [0.05, 0.1) is 10.0 Å². The van der Waals surface area contributed by atoms with Gasteiger partial charge in [-0.2, -0.15) is 0 Å². The van der Waals surface area contributed by atoms with Crippen LogP contribution in [0, 0.1) is 5.82 Å². The van der Waals surface area contributed by atoms with Gasteiger partial charge in [0, 0.05) is 11.4 Å². The second kappa shape index (κ2) is 5.47. The Hall–Kier alpha value is -1.50. The molecule has 0 aliphatic carbocycles. The van der Waals surface area contributed by atoms with Crippen LogP contribution in [-0.2, 0) is 10.0 Å². The molecule has 0 saturated carbocycles. The molecule has 2 rings (SSSR count). The SMILES string of the molecule is Nc1cc(Cl)c(S(=O)(=O)Nc2ccc(F)cc2)c(Cl)c1. The average Bonchev–Trinajstić information content (AvgIpc) is 2.30. The van der Waals surface area contributed by atoms with Crippen LogP contribution in [0.4, 0.5) is 15.8 Å². The number of nitrogen functional groups attached to an aromatic ring is 1. The lowest BCUT2D eigenvalue weighted by Crippen LogP contribution is -2.14. The molecule has 3 N–H and O–H groups in total. The Morgan fingerprint density at radius 1 is 1.05 bits per heavy atom. The van der Waals surface area contributed by atoms with Crippen LogP contribution in [-0.4, -0.2) is 8.42 Å². The van der Waals surface area contributed by atoms with Gasteiger partial charge in [0.2, 0.25) is 0 Å². The summed E-state index contributed by atoms with van der Waals surface area (Å²) < 4.78 is 39.5. The minimum Gasteiger partial charge on any atom is -0.399 e. The van der Waals surface area contributed by atoms with E-state index in [0.29, 0.717) is 0 Å². The molecule has 8 heteroatoms. The first-order valence-corrected chi connectivity index (χ1v) is 7.56. The number of nitrogens with two attached hydrogens (primary N) is 1. The Morgan fingerprint density at radius 2 is 1.55 bits per heavy atom. The van der Waals surface area contributed by atoms with E-state index >= 15 is 0 Å². The summed E-state index contributed by atoms with van der Waals surface area (Å²) in [7, 11) is -4.00. The molecule has 2 aromatic carbocycles. The Morgan fingerprint density at radius 3 is 2.05 bits per heavy atom. The number of hydrogen-bond acceptors (Lipinski definition) is 3. The van der Waals surface area contributed by atoms with E-state index in [1.807, 2.05) is 0 Å². The van der Waals surface area contributed by atoms with Crippen LogP contribution < -0.4 is 10.5 Å². The molecular weight excluding hydrogens is 326 g/mol. The number of benzene rings is 2. The maximum Gasteiger partial charge on any atom is 0.264 e. The van der Waals surface area contributed by atoms with Crippen molar-refractivity contribution in [2.45, 2.75) is 4.90 Å². The van der Waals surface area contributed by atoms with Crippen LogP contribution in [0.2, 0.25) is 10.0 Å². The summed E-state index contributed by atoms with van der Waals surface area (Å²) in [5.41, 5.74) is 5.96. The number of anilines is 2. The van der Waals surface area contributed by atoms with Crippen molar-refractivity contribution >= 4 is 44.6 Å². The Labute approximate surface area is 125 Å². The van der Waals surface area contributed by atoms with Crippen molar-refractivity contribution in [3.05, 3.63) is 52.3 Å². The fourth-order valence-electron chi connectivity index (χ4n) is 1.56. The molecular formula is C12H9Cl2FN2O2S. The smallest absolute Gasteiger partial charge is 0.264 e. The summed E-state index contributed by atoms with van der Waals surface area (Å²) in [6, 6.07) is 7.39. The molecule has 0 unspecified atom stereocenters. The zero-order valence-electron chi connectivity index (χ0n) is 9.90. The minimum atomic E-state index is -4.00. The maximum atomic E-state index is 12.8. The number of halogens is 3. The van der Waals surface area contributed by atoms with Crippen molar-refractivity contribution in [3.63, 3.8) is 0 Å². The highest BCUT2D eigenvalue weighted by Crippen LogP contribution is 2.32. The van der Waals surface area contributed by atoms with Gasteiger partial charge in [0.1, 0.15) is 10.7 Å². The van der Waals surface area contributed by atoms with Crippen molar-refractivity contribution in [2.24, 2.45) is 0 Å². The molecule has 0 amide bonds. The predicted octanol–water partition coefficient (Wildman–Crippen LogP) is 3.52. The first-order valence-electron chi connectivity index (χ1n) is 5.32. The molecule has 0 aromatic heterocycles. The Bertz CT molecular complexity index is 726. The molecule has 0 saturated heterocycles. The molecule has 0 radical (unpaired) electrons. The van der Waals surface area contributed by atoms with Crippen LogP contribution in [0.25, 0.3) is 0 Å². The van der Waals surface area contributed by atoms with Gasteiger partial charge in [0.25, 0.3) is 10.0 Å². The first kappa shape index (κ1) is 14.9. The highest BCUT2D eigenvalue weighted by atomic mass is 35.5. The second-order valence-electron chi connectivity index (χ2n) is 3.93. The lowest BCUT2D eigenvalue weighted by molar-refractivity contribution is 0.601. The molecule has 0 atom stereocenters. The zero-order chi connectivity index (χ0) is 14.9. The van der Waals surface area contributed by atoms with E-state index in [0.717, 1.165) is 12.1 Å². The van der Waals surface area contributed by atoms with Crippen molar-refractivity contribution in [1.82, 2.24) is 0 Å². The summed E-state index contributed by atoms with van der Waals surface area (Å²) in [5, 5.41) is -0.186. The summed E-state index contributed by atoms with van der Waals surface area (Å²) in [6.07, 6.45) is 0. The van der Waals surface area contributed by atoms with Gasteiger partial charge in [-0.15, -0.1) is 0 Å². The second-order valence-corrected chi connectivity index (χ2v) is 6.36. The van der Waals surface area contributed by atoms with E-state index in [1.54, 1.807) is 0 Å². The molecule has 0 fully saturated rings. The molecule has 20 heavy (non-hydrogen) atoms. The number of hydrogen-bond donors (Lipinski definition) is 2. The summed E-state index contributed by atoms with van der Waals surface area (Å²) in [4.78, 5) is -0.278. The van der Waals surface area contributed by atoms with Gasteiger partial charge in [-0.05, 0) is 36.4 Å². The summed E-state index contributed by atoms with van der Waals surface area (Å²) in [6.45, 7) is 0. The van der Waals surface area contributed by atoms with Crippen LogP contribution in [0.1, 0.15) is 0 Å². The lowest BCUT2D eigenvalue weighted by Gasteiger charge is -2.11. The highest BCUT2D eigenvalue weighted by Gasteiger charge is 2.22. The molecule has 0 aliphatic heterocycles. The maximum absolute atomic E-state index is 12.8. The van der Waals surface area contributed by atoms with Crippen molar-refractivity contribution in [1.29, 1.82) is 0 Å². The van der Waals surface area contributed by atoms with E-state index < -0.39 is 15.8 Å². The van der Waals surface area contributed by atoms with E-state index in [-0.39, 0.29) is 26.3 Å². The normalized spacial score (nSPS) is 11.3. The first-order chi connectivity index (χ1) is 9.29. The van der Waals surface area contributed by atoms with Crippen LogP contribution >= 0.6 is 23.2 Å². The fraction of sp³-hybridized carbons (Fsp3) is 0. The van der Waals surface area contributed by atoms with Crippen molar-refractivity contribution in [2.75, 3.05) is 10.5 Å². The van der Waals surface area contributed by atoms with Gasteiger partial charge in [0.15, 0.2) is 0 Å². The Kier molecular flexibility index (Phi) is 4.08. The van der Waals surface area contributed by atoms with E-state index in [1.165, 1.54) is 24.3 Å². The van der Waals surface area contributed by atoms with E-state index in [9.17, 15) is 12.8 Å². The van der Waals surface area contributed by atoms with Crippen molar-refractivity contribution < 1.29 is 12.8 Å². The monoisotopic (exact) mass is 334 g/mol. The van der Waals surface area contributed by atoms with Gasteiger partial charge in [-0.25, -0.2) is 12.8 Å². The highest BCUT2D eigenvalue weighted by molar-refractivity contribution is 7.93. The molecule has 2 aromatic rings. The third-order valence-corrected chi connectivity index (χ3v) is 4.69. The van der Waals surface area contributed by atoms with Crippen LogP contribution in [0.3, 0.4) is 0 Å². The summed E-state index contributed by atoms with van der Waals surface area (Å²) in [5.74, 6) is -0.475. The van der Waals surface area contributed by atoms with Crippen LogP contribution in [0.5, 0.6) is 0 Å². The molecule has 0 aliphatic rings. The van der Waals surface area contributed by atoms with Crippen molar-refractivity contribution in [3.8, 4) is 0 Å². The third-order valence-electron chi connectivity index (χ3n) is 2.39. The molecule has 0 bridgehead atoms. The standard InChI is InChI=1S/C12H9Cl2FN2O2S/c13-10-5-8(16)6-11(14)12(10)20(18,19)17-9-3-1-7(15)2-4-9/h1-6,17H,16H2. The number of rotatable bonds is 3. The third kappa shape index (κ3) is 3.15. The van der Waals surface area contributed by atoms with E-state index in [2.05, 4.69) is 4.72 Å². The molecule has 0 heterocycles. The van der Waals surface area contributed by atoms with Gasteiger partial charge >= 0.3 is 0 Å². The quantitative estimate of drug-likeness (QED) is 0.843. The molecule has 4 nitrogen and oxygen atoms in total.